The smallest absolute Gasteiger partial charge is 0.404 e. The van der Waals surface area contributed by atoms with Crippen molar-refractivity contribution >= 4 is 6.09 Å². The molecule has 0 aromatic heterocycles. The number of carbonyl (C=O) groups is 1. The largest absolute Gasteiger partial charge is 0.444 e. The summed E-state index contributed by atoms with van der Waals surface area (Å²) in [7, 11) is 0. The number of hydrogen-bond donors (Lipinski definition) is 2. The maximum Gasteiger partial charge on any atom is 0.404 e. The standard InChI is InChI=1S/C14H21NO3/c1-9(18-13(15)17)12(16)10-6-5-7-11(8-10)14(2,3)4/h5-9,12,16H,1-4H3,(H2,15,17)/t9-,12+/m0/s1. The molecule has 0 saturated carbocycles. The summed E-state index contributed by atoms with van der Waals surface area (Å²) < 4.78 is 4.78. The van der Waals surface area contributed by atoms with E-state index in [0.29, 0.717) is 0 Å². The lowest BCUT2D eigenvalue weighted by atomic mass is 9.85. The maximum atomic E-state index is 10.7. The fourth-order valence-corrected chi connectivity index (χ4v) is 1.71. The number of hydrogen-bond acceptors (Lipinski definition) is 3. The van der Waals surface area contributed by atoms with Crippen molar-refractivity contribution in [2.75, 3.05) is 0 Å². The fraction of sp³-hybridized carbons (Fsp3) is 0.500. The van der Waals surface area contributed by atoms with Crippen LogP contribution in [0.1, 0.15) is 44.9 Å². The predicted molar refractivity (Wildman–Crippen MR) is 70.2 cm³/mol. The molecule has 3 N–H and O–H groups in total. The van der Waals surface area contributed by atoms with Crippen molar-refractivity contribution in [2.24, 2.45) is 5.73 Å². The second-order valence-electron chi connectivity index (χ2n) is 5.46. The summed E-state index contributed by atoms with van der Waals surface area (Å²) in [6.45, 7) is 7.91. The summed E-state index contributed by atoms with van der Waals surface area (Å²) in [6.07, 6.45) is -2.42. The first kappa shape index (κ1) is 14.5. The van der Waals surface area contributed by atoms with Crippen LogP contribution in [0.5, 0.6) is 0 Å². The van der Waals surface area contributed by atoms with Gasteiger partial charge in [0.1, 0.15) is 12.2 Å². The molecule has 0 spiro atoms. The monoisotopic (exact) mass is 251 g/mol. The van der Waals surface area contributed by atoms with Gasteiger partial charge in [0.15, 0.2) is 0 Å². The number of ether oxygens (including phenoxy) is 1. The summed E-state index contributed by atoms with van der Waals surface area (Å²) in [6, 6.07) is 7.62. The van der Waals surface area contributed by atoms with E-state index >= 15 is 0 Å². The highest BCUT2D eigenvalue weighted by Crippen LogP contribution is 2.26. The third kappa shape index (κ3) is 3.74. The Bertz CT molecular complexity index is 423. The average Bonchev–Trinajstić information content (AvgIpc) is 2.26. The number of aliphatic hydroxyl groups excluding tert-OH is 1. The molecule has 0 saturated heterocycles. The van der Waals surface area contributed by atoms with Crippen molar-refractivity contribution in [2.45, 2.75) is 45.3 Å². The first-order chi connectivity index (χ1) is 8.21. The quantitative estimate of drug-likeness (QED) is 0.867. The lowest BCUT2D eigenvalue weighted by Crippen LogP contribution is -2.26. The SMILES string of the molecule is C[C@H](OC(N)=O)[C@@H](O)c1cccc(C(C)(C)C)c1. The van der Waals surface area contributed by atoms with E-state index in [9.17, 15) is 9.90 Å². The Morgan fingerprint density at radius 2 is 2.00 bits per heavy atom. The van der Waals surface area contributed by atoms with E-state index in [2.05, 4.69) is 20.8 Å². The molecule has 1 aromatic carbocycles. The van der Waals surface area contributed by atoms with Crippen molar-refractivity contribution in [1.82, 2.24) is 0 Å². The Morgan fingerprint density at radius 3 is 2.50 bits per heavy atom. The van der Waals surface area contributed by atoms with Crippen LogP contribution in [0.3, 0.4) is 0 Å². The van der Waals surface area contributed by atoms with E-state index in [4.69, 9.17) is 10.5 Å². The number of rotatable bonds is 3. The Morgan fingerprint density at radius 1 is 1.39 bits per heavy atom. The second-order valence-corrected chi connectivity index (χ2v) is 5.46. The van der Waals surface area contributed by atoms with E-state index in [-0.39, 0.29) is 5.41 Å². The highest BCUT2D eigenvalue weighted by Gasteiger charge is 2.21. The molecule has 2 atom stereocenters. The van der Waals surface area contributed by atoms with Gasteiger partial charge < -0.3 is 15.6 Å². The molecule has 0 heterocycles. The lowest BCUT2D eigenvalue weighted by molar-refractivity contribution is 0.0157. The molecule has 0 fully saturated rings. The van der Waals surface area contributed by atoms with Gasteiger partial charge in [-0.05, 0) is 23.5 Å². The Labute approximate surface area is 108 Å². The van der Waals surface area contributed by atoms with E-state index in [1.165, 1.54) is 0 Å². The van der Waals surface area contributed by atoms with Crippen molar-refractivity contribution in [3.05, 3.63) is 35.4 Å². The van der Waals surface area contributed by atoms with Crippen molar-refractivity contribution in [1.29, 1.82) is 0 Å². The number of carbonyl (C=O) groups excluding carboxylic acids is 1. The Kier molecular flexibility index (Phi) is 4.35. The molecule has 100 valence electrons. The summed E-state index contributed by atoms with van der Waals surface area (Å²) in [5.74, 6) is 0. The molecule has 1 amide bonds. The lowest BCUT2D eigenvalue weighted by Gasteiger charge is -2.23. The Hall–Kier alpha value is -1.55. The molecular formula is C14H21NO3. The highest BCUT2D eigenvalue weighted by molar-refractivity contribution is 5.64. The van der Waals surface area contributed by atoms with Gasteiger partial charge in [-0.25, -0.2) is 4.79 Å². The van der Waals surface area contributed by atoms with Gasteiger partial charge in [-0.15, -0.1) is 0 Å². The zero-order valence-electron chi connectivity index (χ0n) is 11.3. The van der Waals surface area contributed by atoms with Gasteiger partial charge >= 0.3 is 6.09 Å². The van der Waals surface area contributed by atoms with Crippen LogP contribution in [0.25, 0.3) is 0 Å². The van der Waals surface area contributed by atoms with E-state index < -0.39 is 18.3 Å². The zero-order chi connectivity index (χ0) is 13.9. The Balaban J connectivity index is 2.93. The molecule has 4 heteroatoms. The maximum absolute atomic E-state index is 10.7. The van der Waals surface area contributed by atoms with Crippen LogP contribution >= 0.6 is 0 Å². The molecule has 4 nitrogen and oxygen atoms in total. The fourth-order valence-electron chi connectivity index (χ4n) is 1.71. The first-order valence-electron chi connectivity index (χ1n) is 5.96. The van der Waals surface area contributed by atoms with Gasteiger partial charge in [-0.3, -0.25) is 0 Å². The number of aliphatic hydroxyl groups is 1. The average molecular weight is 251 g/mol. The minimum Gasteiger partial charge on any atom is -0.444 e. The second kappa shape index (κ2) is 5.40. The van der Waals surface area contributed by atoms with Gasteiger partial charge in [0, 0.05) is 0 Å². The van der Waals surface area contributed by atoms with Gasteiger partial charge in [0.2, 0.25) is 0 Å². The minimum atomic E-state index is -0.881. The van der Waals surface area contributed by atoms with Crippen molar-refractivity contribution in [3.8, 4) is 0 Å². The van der Waals surface area contributed by atoms with Crippen LogP contribution in [0.15, 0.2) is 24.3 Å². The molecule has 0 unspecified atom stereocenters. The molecule has 1 rings (SSSR count). The van der Waals surface area contributed by atoms with E-state index in [0.717, 1.165) is 11.1 Å². The van der Waals surface area contributed by atoms with Gasteiger partial charge in [-0.1, -0.05) is 45.0 Å². The van der Waals surface area contributed by atoms with E-state index in [1.54, 1.807) is 13.0 Å². The van der Waals surface area contributed by atoms with Gasteiger partial charge in [-0.2, -0.15) is 0 Å². The molecule has 1 aromatic rings. The molecule has 0 radical (unpaired) electrons. The number of primary amides is 1. The van der Waals surface area contributed by atoms with Crippen molar-refractivity contribution < 1.29 is 14.6 Å². The van der Waals surface area contributed by atoms with Crippen molar-refractivity contribution in [3.63, 3.8) is 0 Å². The van der Waals surface area contributed by atoms with Crippen LogP contribution in [-0.4, -0.2) is 17.3 Å². The molecule has 18 heavy (non-hydrogen) atoms. The molecule has 0 aliphatic heterocycles. The van der Waals surface area contributed by atoms with Gasteiger partial charge in [0.25, 0.3) is 0 Å². The summed E-state index contributed by atoms with van der Waals surface area (Å²) >= 11 is 0. The molecular weight excluding hydrogens is 230 g/mol. The molecule has 0 bridgehead atoms. The normalized spacial score (nSPS) is 14.9. The zero-order valence-corrected chi connectivity index (χ0v) is 11.3. The van der Waals surface area contributed by atoms with Crippen LogP contribution in [0.4, 0.5) is 4.79 Å². The number of benzene rings is 1. The van der Waals surface area contributed by atoms with Crippen LogP contribution in [0.2, 0.25) is 0 Å². The third-order valence-electron chi connectivity index (χ3n) is 2.84. The van der Waals surface area contributed by atoms with Crippen LogP contribution < -0.4 is 5.73 Å². The minimum absolute atomic E-state index is 0.00348. The van der Waals surface area contributed by atoms with Crippen LogP contribution in [-0.2, 0) is 10.2 Å². The van der Waals surface area contributed by atoms with Gasteiger partial charge in [0.05, 0.1) is 0 Å². The predicted octanol–water partition coefficient (Wildman–Crippen LogP) is 2.50. The summed E-state index contributed by atoms with van der Waals surface area (Å²) in [5, 5.41) is 10.1. The van der Waals surface area contributed by atoms with E-state index in [1.807, 2.05) is 18.2 Å². The number of nitrogens with two attached hydrogens (primary N) is 1. The summed E-state index contributed by atoms with van der Waals surface area (Å²) in [4.78, 5) is 10.7. The molecule has 0 aliphatic carbocycles. The summed E-state index contributed by atoms with van der Waals surface area (Å²) in [5.41, 5.74) is 6.77. The third-order valence-corrected chi connectivity index (χ3v) is 2.84. The first-order valence-corrected chi connectivity index (χ1v) is 5.96. The number of amides is 1. The molecule has 0 aliphatic rings. The highest BCUT2D eigenvalue weighted by atomic mass is 16.6. The van der Waals surface area contributed by atoms with Crippen LogP contribution in [0, 0.1) is 0 Å². The topological polar surface area (TPSA) is 72.5 Å².